The van der Waals surface area contributed by atoms with Gasteiger partial charge in [0.1, 0.15) is 0 Å². The van der Waals surface area contributed by atoms with Crippen LogP contribution in [-0.4, -0.2) is 33.9 Å². The van der Waals surface area contributed by atoms with E-state index >= 15 is 0 Å². The van der Waals surface area contributed by atoms with Crippen molar-refractivity contribution < 1.29 is 9.21 Å². The van der Waals surface area contributed by atoms with Crippen LogP contribution in [0, 0.1) is 0 Å². The summed E-state index contributed by atoms with van der Waals surface area (Å²) < 4.78 is 5.68. The lowest BCUT2D eigenvalue weighted by atomic mass is 10.2. The largest absolute Gasteiger partial charge is 0.441 e. The Morgan fingerprint density at radius 1 is 1.08 bits per heavy atom. The maximum absolute atomic E-state index is 11.9. The first-order valence-corrected chi connectivity index (χ1v) is 8.57. The van der Waals surface area contributed by atoms with Crippen molar-refractivity contribution in [2.24, 2.45) is 0 Å². The zero-order chi connectivity index (χ0) is 18.2. The lowest BCUT2D eigenvalue weighted by Gasteiger charge is -2.05. The van der Waals surface area contributed by atoms with Crippen LogP contribution >= 0.6 is 11.6 Å². The molecular formula is C18H18ClN5O2. The molecule has 2 N–H and O–H groups in total. The predicted molar refractivity (Wildman–Crippen MR) is 98.8 cm³/mol. The number of hydrogen-bond acceptors (Lipinski definition) is 6. The highest BCUT2D eigenvalue weighted by molar-refractivity contribution is 6.30. The van der Waals surface area contributed by atoms with E-state index in [4.69, 9.17) is 16.0 Å². The first kappa shape index (κ1) is 17.9. The summed E-state index contributed by atoms with van der Waals surface area (Å²) in [6.45, 7) is 1.04. The van der Waals surface area contributed by atoms with Crippen molar-refractivity contribution >= 4 is 23.5 Å². The van der Waals surface area contributed by atoms with Crippen LogP contribution in [0.5, 0.6) is 0 Å². The molecule has 0 aliphatic rings. The fraction of sp³-hybridized carbons (Fsp3) is 0.222. The molecule has 0 aliphatic carbocycles. The first-order chi connectivity index (χ1) is 12.7. The number of oxazole rings is 1. The molecule has 0 radical (unpaired) electrons. The topological polar surface area (TPSA) is 92.9 Å². The van der Waals surface area contributed by atoms with Gasteiger partial charge in [0.2, 0.25) is 11.9 Å². The van der Waals surface area contributed by atoms with Crippen molar-refractivity contribution in [1.82, 2.24) is 20.3 Å². The number of carbonyl (C=O) groups is 1. The Labute approximate surface area is 155 Å². The quantitative estimate of drug-likeness (QED) is 0.591. The number of benzene rings is 1. The Hall–Kier alpha value is -2.93. The standard InChI is InChI=1S/C18H18ClN5O2/c19-14-4-2-13(3-5-14)15-12-24-17(26-15)7-6-16(25)20-10-11-23-18-21-8-1-9-22-18/h1-5,8-9,12H,6-7,10-11H2,(H,20,25)(H,21,22,23). The minimum Gasteiger partial charge on any atom is -0.441 e. The zero-order valence-corrected chi connectivity index (χ0v) is 14.7. The third kappa shape index (κ3) is 5.29. The number of carbonyl (C=O) groups excluding carboxylic acids is 1. The molecule has 0 saturated carbocycles. The van der Waals surface area contributed by atoms with Gasteiger partial charge in [0, 0.05) is 48.9 Å². The van der Waals surface area contributed by atoms with Gasteiger partial charge in [-0.3, -0.25) is 4.79 Å². The van der Waals surface area contributed by atoms with Crippen molar-refractivity contribution in [3.63, 3.8) is 0 Å². The second-order valence-electron chi connectivity index (χ2n) is 5.47. The van der Waals surface area contributed by atoms with Gasteiger partial charge in [0.25, 0.3) is 0 Å². The molecule has 134 valence electrons. The van der Waals surface area contributed by atoms with E-state index in [2.05, 4.69) is 25.6 Å². The summed E-state index contributed by atoms with van der Waals surface area (Å²) >= 11 is 5.87. The summed E-state index contributed by atoms with van der Waals surface area (Å²) in [4.78, 5) is 24.2. The molecule has 0 bridgehead atoms. The van der Waals surface area contributed by atoms with Gasteiger partial charge in [-0.15, -0.1) is 0 Å². The molecule has 0 atom stereocenters. The SMILES string of the molecule is O=C(CCc1ncc(-c2ccc(Cl)cc2)o1)NCCNc1ncccn1. The molecule has 2 aromatic heterocycles. The van der Waals surface area contributed by atoms with Crippen LogP contribution in [0.1, 0.15) is 12.3 Å². The number of aromatic nitrogens is 3. The highest BCUT2D eigenvalue weighted by atomic mass is 35.5. The highest BCUT2D eigenvalue weighted by Crippen LogP contribution is 2.22. The minimum atomic E-state index is -0.0629. The summed E-state index contributed by atoms with van der Waals surface area (Å²) in [6, 6.07) is 9.06. The summed E-state index contributed by atoms with van der Waals surface area (Å²) in [7, 11) is 0. The molecule has 3 aromatic rings. The van der Waals surface area contributed by atoms with Gasteiger partial charge in [0.05, 0.1) is 6.20 Å². The molecule has 0 saturated heterocycles. The molecule has 8 heteroatoms. The summed E-state index contributed by atoms with van der Waals surface area (Å²) in [5.74, 6) is 1.66. The van der Waals surface area contributed by atoms with Crippen LogP contribution < -0.4 is 10.6 Å². The Kier molecular flexibility index (Phi) is 6.16. The van der Waals surface area contributed by atoms with Gasteiger partial charge >= 0.3 is 0 Å². The van der Waals surface area contributed by atoms with Crippen molar-refractivity contribution in [3.05, 3.63) is 59.8 Å². The first-order valence-electron chi connectivity index (χ1n) is 8.19. The van der Waals surface area contributed by atoms with E-state index in [1.807, 2.05) is 12.1 Å². The van der Waals surface area contributed by atoms with Crippen molar-refractivity contribution in [2.45, 2.75) is 12.8 Å². The Morgan fingerprint density at radius 2 is 1.85 bits per heavy atom. The van der Waals surface area contributed by atoms with Gasteiger partial charge in [-0.2, -0.15) is 0 Å². The fourth-order valence-electron chi connectivity index (χ4n) is 2.25. The van der Waals surface area contributed by atoms with Gasteiger partial charge in [0.15, 0.2) is 11.7 Å². The third-order valence-corrected chi connectivity index (χ3v) is 3.80. The molecule has 1 aromatic carbocycles. The lowest BCUT2D eigenvalue weighted by Crippen LogP contribution is -2.29. The molecule has 0 aliphatic heterocycles. The van der Waals surface area contributed by atoms with E-state index < -0.39 is 0 Å². The summed E-state index contributed by atoms with van der Waals surface area (Å²) in [5, 5.41) is 6.51. The van der Waals surface area contributed by atoms with Gasteiger partial charge < -0.3 is 15.1 Å². The molecular weight excluding hydrogens is 354 g/mol. The molecule has 3 rings (SSSR count). The molecule has 1 amide bonds. The maximum Gasteiger partial charge on any atom is 0.222 e. The van der Waals surface area contributed by atoms with Gasteiger partial charge in [-0.05, 0) is 30.3 Å². The highest BCUT2D eigenvalue weighted by Gasteiger charge is 2.09. The number of nitrogens with one attached hydrogen (secondary N) is 2. The monoisotopic (exact) mass is 371 g/mol. The van der Waals surface area contributed by atoms with Crippen molar-refractivity contribution in [1.29, 1.82) is 0 Å². The maximum atomic E-state index is 11.9. The molecule has 7 nitrogen and oxygen atoms in total. The Balaban J connectivity index is 1.38. The van der Waals surface area contributed by atoms with Crippen LogP contribution in [0.4, 0.5) is 5.95 Å². The summed E-state index contributed by atoms with van der Waals surface area (Å²) in [5.41, 5.74) is 0.895. The number of anilines is 1. The molecule has 26 heavy (non-hydrogen) atoms. The number of aryl methyl sites for hydroxylation is 1. The number of rotatable bonds is 8. The van der Waals surface area contributed by atoms with Gasteiger partial charge in [-0.1, -0.05) is 11.6 Å². The number of halogens is 1. The van der Waals surface area contributed by atoms with E-state index in [1.165, 1.54) is 0 Å². The van der Waals surface area contributed by atoms with E-state index in [9.17, 15) is 4.79 Å². The van der Waals surface area contributed by atoms with Crippen LogP contribution in [0.2, 0.25) is 5.02 Å². The van der Waals surface area contributed by atoms with Crippen LogP contribution in [0.25, 0.3) is 11.3 Å². The van der Waals surface area contributed by atoms with Crippen molar-refractivity contribution in [2.75, 3.05) is 18.4 Å². The predicted octanol–water partition coefficient (Wildman–Crippen LogP) is 2.95. The average Bonchev–Trinajstić information content (AvgIpc) is 3.14. The average molecular weight is 372 g/mol. The number of nitrogens with zero attached hydrogens (tertiary/aromatic N) is 3. The van der Waals surface area contributed by atoms with Crippen LogP contribution in [0.3, 0.4) is 0 Å². The summed E-state index contributed by atoms with van der Waals surface area (Å²) in [6.07, 6.45) is 5.71. The fourth-order valence-corrected chi connectivity index (χ4v) is 2.37. The van der Waals surface area contributed by atoms with Gasteiger partial charge in [-0.25, -0.2) is 15.0 Å². The molecule has 0 spiro atoms. The molecule has 0 fully saturated rings. The second-order valence-corrected chi connectivity index (χ2v) is 5.91. The van der Waals surface area contributed by atoms with Crippen LogP contribution in [-0.2, 0) is 11.2 Å². The smallest absolute Gasteiger partial charge is 0.222 e. The van der Waals surface area contributed by atoms with E-state index in [0.717, 1.165) is 5.56 Å². The third-order valence-electron chi connectivity index (χ3n) is 3.54. The minimum absolute atomic E-state index is 0.0629. The molecule has 2 heterocycles. The normalized spacial score (nSPS) is 10.5. The lowest BCUT2D eigenvalue weighted by molar-refractivity contribution is -0.121. The van der Waals surface area contributed by atoms with E-state index in [1.54, 1.807) is 36.8 Å². The Bertz CT molecular complexity index is 836. The number of hydrogen-bond donors (Lipinski definition) is 2. The van der Waals surface area contributed by atoms with E-state index in [0.29, 0.717) is 48.6 Å². The van der Waals surface area contributed by atoms with E-state index in [-0.39, 0.29) is 5.91 Å². The zero-order valence-electron chi connectivity index (χ0n) is 14.0. The Morgan fingerprint density at radius 3 is 2.62 bits per heavy atom. The second kappa shape index (κ2) is 8.96. The number of amides is 1. The van der Waals surface area contributed by atoms with Crippen molar-refractivity contribution in [3.8, 4) is 11.3 Å². The molecule has 0 unspecified atom stereocenters. The van der Waals surface area contributed by atoms with Crippen LogP contribution in [0.15, 0.2) is 53.3 Å².